The summed E-state index contributed by atoms with van der Waals surface area (Å²) < 4.78 is 1.85. The summed E-state index contributed by atoms with van der Waals surface area (Å²) in [5.41, 5.74) is 0.915. The van der Waals surface area contributed by atoms with E-state index >= 15 is 0 Å². The zero-order valence-electron chi connectivity index (χ0n) is 10.3. The Balaban J connectivity index is 2.95. The molecular formula is C11H20ClN3O. The lowest BCUT2D eigenvalue weighted by atomic mass is 10.00. The second-order valence-electron chi connectivity index (χ2n) is 4.37. The van der Waals surface area contributed by atoms with E-state index in [-0.39, 0.29) is 0 Å². The molecule has 1 aromatic heterocycles. The van der Waals surface area contributed by atoms with Crippen LogP contribution in [-0.4, -0.2) is 34.1 Å². The highest BCUT2D eigenvalue weighted by Crippen LogP contribution is 2.24. The van der Waals surface area contributed by atoms with Crippen molar-refractivity contribution in [3.8, 4) is 0 Å². The summed E-state index contributed by atoms with van der Waals surface area (Å²) in [6.07, 6.45) is 0.501. The van der Waals surface area contributed by atoms with Gasteiger partial charge < -0.3 is 10.4 Å². The van der Waals surface area contributed by atoms with Gasteiger partial charge in [0.1, 0.15) is 0 Å². The molecule has 0 radical (unpaired) electrons. The van der Waals surface area contributed by atoms with Crippen LogP contribution in [0.4, 0.5) is 0 Å². The molecule has 1 aromatic rings. The topological polar surface area (TPSA) is 50.1 Å². The maximum Gasteiger partial charge on any atom is 0.0848 e. The standard InChI is InChI=1S/C11H20ClN3O/c1-5-15-9(10(12)8(2)14-15)6-11(3,16)7-13-4/h13,16H,5-7H2,1-4H3. The minimum Gasteiger partial charge on any atom is -0.388 e. The van der Waals surface area contributed by atoms with Gasteiger partial charge in [0.25, 0.3) is 0 Å². The average Bonchev–Trinajstić information content (AvgIpc) is 2.45. The minimum atomic E-state index is -0.808. The van der Waals surface area contributed by atoms with Gasteiger partial charge in [-0.25, -0.2) is 0 Å². The van der Waals surface area contributed by atoms with Gasteiger partial charge in [-0.1, -0.05) is 11.6 Å². The molecule has 0 amide bonds. The summed E-state index contributed by atoms with van der Waals surface area (Å²) >= 11 is 6.18. The predicted octanol–water partition coefficient (Wildman–Crippen LogP) is 1.38. The van der Waals surface area contributed by atoms with E-state index in [4.69, 9.17) is 11.6 Å². The van der Waals surface area contributed by atoms with Crippen molar-refractivity contribution in [3.63, 3.8) is 0 Å². The number of aromatic nitrogens is 2. The van der Waals surface area contributed by atoms with Gasteiger partial charge in [0.05, 0.1) is 22.0 Å². The van der Waals surface area contributed by atoms with Crippen LogP contribution in [-0.2, 0) is 13.0 Å². The normalized spacial score (nSPS) is 15.1. The highest BCUT2D eigenvalue weighted by atomic mass is 35.5. The Hall–Kier alpha value is -0.580. The van der Waals surface area contributed by atoms with Gasteiger partial charge in [-0.3, -0.25) is 4.68 Å². The number of halogens is 1. The minimum absolute atomic E-state index is 0.501. The first-order valence-corrected chi connectivity index (χ1v) is 5.88. The zero-order valence-corrected chi connectivity index (χ0v) is 11.1. The molecule has 0 saturated heterocycles. The molecule has 1 unspecified atom stereocenters. The highest BCUT2D eigenvalue weighted by Gasteiger charge is 2.24. The van der Waals surface area contributed by atoms with Crippen LogP contribution in [0.25, 0.3) is 0 Å². The van der Waals surface area contributed by atoms with Gasteiger partial charge in [-0.05, 0) is 27.8 Å². The average molecular weight is 246 g/mol. The Morgan fingerprint density at radius 3 is 2.69 bits per heavy atom. The van der Waals surface area contributed by atoms with Crippen molar-refractivity contribution >= 4 is 11.6 Å². The van der Waals surface area contributed by atoms with Crippen LogP contribution in [0.15, 0.2) is 0 Å². The molecule has 0 bridgehead atoms. The van der Waals surface area contributed by atoms with E-state index in [1.54, 1.807) is 6.92 Å². The van der Waals surface area contributed by atoms with Gasteiger partial charge in [-0.2, -0.15) is 5.10 Å². The monoisotopic (exact) mass is 245 g/mol. The van der Waals surface area contributed by atoms with Crippen LogP contribution in [0.3, 0.4) is 0 Å². The molecule has 0 fully saturated rings. The van der Waals surface area contributed by atoms with Gasteiger partial charge in [0.15, 0.2) is 0 Å². The Morgan fingerprint density at radius 1 is 1.56 bits per heavy atom. The predicted molar refractivity (Wildman–Crippen MR) is 65.9 cm³/mol. The molecule has 0 aliphatic rings. The van der Waals surface area contributed by atoms with Gasteiger partial charge in [-0.15, -0.1) is 0 Å². The van der Waals surface area contributed by atoms with Crippen LogP contribution in [0.5, 0.6) is 0 Å². The Kier molecular flexibility index (Phi) is 4.35. The van der Waals surface area contributed by atoms with Gasteiger partial charge in [0, 0.05) is 19.5 Å². The van der Waals surface area contributed by atoms with Gasteiger partial charge in [0.2, 0.25) is 0 Å². The fourth-order valence-electron chi connectivity index (χ4n) is 1.84. The second kappa shape index (κ2) is 5.17. The molecule has 5 heteroatoms. The third kappa shape index (κ3) is 2.97. The molecule has 2 N–H and O–H groups in total. The lowest BCUT2D eigenvalue weighted by Gasteiger charge is -2.23. The van der Waals surface area contributed by atoms with E-state index in [9.17, 15) is 5.11 Å². The first kappa shape index (κ1) is 13.5. The molecule has 92 valence electrons. The van der Waals surface area contributed by atoms with E-state index in [1.165, 1.54) is 0 Å². The quantitative estimate of drug-likeness (QED) is 0.824. The fraction of sp³-hybridized carbons (Fsp3) is 0.727. The number of nitrogens with one attached hydrogen (secondary N) is 1. The number of hydrogen-bond acceptors (Lipinski definition) is 3. The highest BCUT2D eigenvalue weighted by molar-refractivity contribution is 6.31. The summed E-state index contributed by atoms with van der Waals surface area (Å²) in [6.45, 7) is 6.97. The first-order valence-electron chi connectivity index (χ1n) is 5.50. The summed E-state index contributed by atoms with van der Waals surface area (Å²) in [5.74, 6) is 0. The lowest BCUT2D eigenvalue weighted by molar-refractivity contribution is 0.0601. The molecule has 1 heterocycles. The second-order valence-corrected chi connectivity index (χ2v) is 4.74. The number of nitrogens with zero attached hydrogens (tertiary/aromatic N) is 2. The van der Waals surface area contributed by atoms with Crippen molar-refractivity contribution in [2.75, 3.05) is 13.6 Å². The van der Waals surface area contributed by atoms with Crippen LogP contribution >= 0.6 is 11.6 Å². The lowest BCUT2D eigenvalue weighted by Crippen LogP contribution is -2.38. The Bertz CT molecular complexity index is 360. The number of aryl methyl sites for hydroxylation is 2. The summed E-state index contributed by atoms with van der Waals surface area (Å²) in [7, 11) is 1.82. The molecule has 0 aromatic carbocycles. The van der Waals surface area contributed by atoms with E-state index in [2.05, 4.69) is 10.4 Å². The summed E-state index contributed by atoms with van der Waals surface area (Å²) in [4.78, 5) is 0. The number of aliphatic hydroxyl groups is 1. The van der Waals surface area contributed by atoms with Crippen molar-refractivity contribution in [2.24, 2.45) is 0 Å². The Morgan fingerprint density at radius 2 is 2.19 bits per heavy atom. The van der Waals surface area contributed by atoms with E-state index in [0.717, 1.165) is 17.9 Å². The van der Waals surface area contributed by atoms with Crippen LogP contribution in [0.1, 0.15) is 25.2 Å². The van der Waals surface area contributed by atoms with E-state index in [0.29, 0.717) is 18.0 Å². The van der Waals surface area contributed by atoms with Crippen molar-refractivity contribution in [1.82, 2.24) is 15.1 Å². The van der Waals surface area contributed by atoms with Crippen LogP contribution < -0.4 is 5.32 Å². The fourth-order valence-corrected chi connectivity index (χ4v) is 2.04. The summed E-state index contributed by atoms with van der Waals surface area (Å²) in [6, 6.07) is 0. The largest absolute Gasteiger partial charge is 0.388 e. The number of likely N-dealkylation sites (N-methyl/N-ethyl adjacent to an activating group) is 1. The van der Waals surface area contributed by atoms with E-state index in [1.807, 2.05) is 25.6 Å². The smallest absolute Gasteiger partial charge is 0.0848 e. The van der Waals surface area contributed by atoms with Crippen molar-refractivity contribution in [3.05, 3.63) is 16.4 Å². The van der Waals surface area contributed by atoms with E-state index < -0.39 is 5.60 Å². The van der Waals surface area contributed by atoms with Crippen molar-refractivity contribution in [1.29, 1.82) is 0 Å². The van der Waals surface area contributed by atoms with Crippen LogP contribution in [0.2, 0.25) is 5.02 Å². The number of hydrogen-bond donors (Lipinski definition) is 2. The first-order chi connectivity index (χ1) is 7.41. The van der Waals surface area contributed by atoms with Crippen molar-refractivity contribution < 1.29 is 5.11 Å². The third-order valence-corrected chi connectivity index (χ3v) is 3.05. The Labute approximate surface area is 102 Å². The zero-order chi connectivity index (χ0) is 12.3. The molecule has 1 atom stereocenters. The molecular weight excluding hydrogens is 226 g/mol. The molecule has 0 saturated carbocycles. The van der Waals surface area contributed by atoms with Crippen molar-refractivity contribution in [2.45, 2.75) is 39.3 Å². The number of rotatable bonds is 5. The maximum atomic E-state index is 10.2. The molecule has 0 aliphatic heterocycles. The molecule has 0 aliphatic carbocycles. The molecule has 16 heavy (non-hydrogen) atoms. The SMILES string of the molecule is CCn1nc(C)c(Cl)c1CC(C)(O)CNC. The van der Waals surface area contributed by atoms with Gasteiger partial charge >= 0.3 is 0 Å². The molecule has 1 rings (SSSR count). The molecule has 4 nitrogen and oxygen atoms in total. The third-order valence-electron chi connectivity index (χ3n) is 2.56. The summed E-state index contributed by atoms with van der Waals surface area (Å²) in [5, 5.41) is 18.1. The van der Waals surface area contributed by atoms with Crippen LogP contribution in [0, 0.1) is 6.92 Å². The molecule has 0 spiro atoms. The maximum absolute atomic E-state index is 10.2.